The number of rotatable bonds is 6. The number of methoxy groups -OCH3 is 1. The fourth-order valence-electron chi connectivity index (χ4n) is 1.74. The minimum atomic E-state index is -0.917. The standard InChI is InChI=1S/C16H24N2O4/c1-16(2,3)18-15(20)22-13(14(19)17-11-21-4)10-12-8-6-5-7-9-12/h5-9,13H,10-11H2,1-4H3,(H,17,19)(H,18,20)/t13-/m0/s1. The van der Waals surface area contributed by atoms with Gasteiger partial charge < -0.3 is 20.1 Å². The van der Waals surface area contributed by atoms with Gasteiger partial charge in [-0.3, -0.25) is 4.79 Å². The lowest BCUT2D eigenvalue weighted by atomic mass is 10.1. The van der Waals surface area contributed by atoms with Crippen LogP contribution in [0.2, 0.25) is 0 Å². The predicted molar refractivity (Wildman–Crippen MR) is 83.3 cm³/mol. The van der Waals surface area contributed by atoms with Crippen molar-refractivity contribution < 1.29 is 19.1 Å². The Labute approximate surface area is 131 Å². The average Bonchev–Trinajstić information content (AvgIpc) is 2.43. The molecular formula is C16H24N2O4. The molecule has 122 valence electrons. The molecule has 0 aliphatic carbocycles. The van der Waals surface area contributed by atoms with Gasteiger partial charge in [0.1, 0.15) is 6.73 Å². The molecule has 0 spiro atoms. The lowest BCUT2D eigenvalue weighted by Crippen LogP contribution is -2.46. The zero-order valence-corrected chi connectivity index (χ0v) is 13.5. The molecule has 2 amide bonds. The summed E-state index contributed by atoms with van der Waals surface area (Å²) in [5.74, 6) is -0.394. The molecule has 0 unspecified atom stereocenters. The number of hydrogen-bond acceptors (Lipinski definition) is 4. The number of benzene rings is 1. The number of carbonyl (C=O) groups excluding carboxylic acids is 2. The van der Waals surface area contributed by atoms with Crippen LogP contribution in [0.1, 0.15) is 26.3 Å². The summed E-state index contributed by atoms with van der Waals surface area (Å²) in [6.07, 6.45) is -1.24. The van der Waals surface area contributed by atoms with Gasteiger partial charge in [-0.05, 0) is 26.3 Å². The summed E-state index contributed by atoms with van der Waals surface area (Å²) in [7, 11) is 1.47. The summed E-state index contributed by atoms with van der Waals surface area (Å²) in [4.78, 5) is 24.0. The first-order chi connectivity index (χ1) is 10.3. The summed E-state index contributed by atoms with van der Waals surface area (Å²) in [5, 5.41) is 5.23. The van der Waals surface area contributed by atoms with Crippen LogP contribution in [0.3, 0.4) is 0 Å². The zero-order chi connectivity index (χ0) is 16.6. The van der Waals surface area contributed by atoms with Crippen LogP contribution in [0, 0.1) is 0 Å². The third-order valence-corrected chi connectivity index (χ3v) is 2.67. The molecule has 1 rings (SSSR count). The highest BCUT2D eigenvalue weighted by atomic mass is 16.6. The second-order valence-corrected chi connectivity index (χ2v) is 5.93. The van der Waals surface area contributed by atoms with Gasteiger partial charge >= 0.3 is 6.09 Å². The van der Waals surface area contributed by atoms with Crippen molar-refractivity contribution in [1.29, 1.82) is 0 Å². The van der Waals surface area contributed by atoms with E-state index >= 15 is 0 Å². The molecule has 0 fully saturated rings. The number of hydrogen-bond donors (Lipinski definition) is 2. The largest absolute Gasteiger partial charge is 0.436 e. The molecule has 0 saturated heterocycles. The molecule has 0 saturated carbocycles. The van der Waals surface area contributed by atoms with E-state index in [2.05, 4.69) is 10.6 Å². The number of amides is 2. The van der Waals surface area contributed by atoms with Gasteiger partial charge in [-0.2, -0.15) is 0 Å². The van der Waals surface area contributed by atoms with E-state index in [4.69, 9.17) is 9.47 Å². The lowest BCUT2D eigenvalue weighted by Gasteiger charge is -2.23. The predicted octanol–water partition coefficient (Wildman–Crippen LogP) is 1.84. The third-order valence-electron chi connectivity index (χ3n) is 2.67. The molecule has 1 aromatic rings. The summed E-state index contributed by atoms with van der Waals surface area (Å²) in [6, 6.07) is 9.38. The van der Waals surface area contributed by atoms with Crippen LogP contribution in [0.5, 0.6) is 0 Å². The Morgan fingerprint density at radius 3 is 2.36 bits per heavy atom. The van der Waals surface area contributed by atoms with Gasteiger partial charge in [-0.15, -0.1) is 0 Å². The molecule has 1 atom stereocenters. The normalized spacial score (nSPS) is 12.4. The first-order valence-corrected chi connectivity index (χ1v) is 7.11. The quantitative estimate of drug-likeness (QED) is 0.786. The number of alkyl carbamates (subject to hydrolysis) is 1. The molecule has 6 heteroatoms. The van der Waals surface area contributed by atoms with E-state index in [9.17, 15) is 9.59 Å². The van der Waals surface area contributed by atoms with Gasteiger partial charge in [-0.25, -0.2) is 4.79 Å². The molecule has 0 heterocycles. The average molecular weight is 308 g/mol. The van der Waals surface area contributed by atoms with Crippen molar-refractivity contribution >= 4 is 12.0 Å². The molecule has 0 aliphatic rings. The first-order valence-electron chi connectivity index (χ1n) is 7.11. The number of carbonyl (C=O) groups is 2. The lowest BCUT2D eigenvalue weighted by molar-refractivity contribution is -0.131. The molecule has 0 radical (unpaired) electrons. The van der Waals surface area contributed by atoms with Crippen molar-refractivity contribution in [1.82, 2.24) is 10.6 Å². The SMILES string of the molecule is COCNC(=O)[C@H](Cc1ccccc1)OC(=O)NC(C)(C)C. The molecule has 0 aliphatic heterocycles. The van der Waals surface area contributed by atoms with Crippen LogP contribution < -0.4 is 10.6 Å². The Bertz CT molecular complexity index is 483. The fraction of sp³-hybridized carbons (Fsp3) is 0.500. The van der Waals surface area contributed by atoms with E-state index in [1.54, 1.807) is 0 Å². The van der Waals surface area contributed by atoms with E-state index in [-0.39, 0.29) is 6.73 Å². The summed E-state index contributed by atoms with van der Waals surface area (Å²) >= 11 is 0. The maximum Gasteiger partial charge on any atom is 0.408 e. The maximum absolute atomic E-state index is 12.1. The third kappa shape index (κ3) is 7.08. The van der Waals surface area contributed by atoms with E-state index in [0.29, 0.717) is 6.42 Å². The Hall–Kier alpha value is -2.08. The smallest absolute Gasteiger partial charge is 0.408 e. The summed E-state index contributed by atoms with van der Waals surface area (Å²) in [6.45, 7) is 5.58. The molecular weight excluding hydrogens is 284 g/mol. The van der Waals surface area contributed by atoms with E-state index in [0.717, 1.165) is 5.56 Å². The van der Waals surface area contributed by atoms with Crippen LogP contribution in [0.15, 0.2) is 30.3 Å². The van der Waals surface area contributed by atoms with Crippen LogP contribution in [0.25, 0.3) is 0 Å². The summed E-state index contributed by atoms with van der Waals surface area (Å²) < 4.78 is 10.1. The highest BCUT2D eigenvalue weighted by Crippen LogP contribution is 2.08. The maximum atomic E-state index is 12.1. The van der Waals surface area contributed by atoms with Crippen molar-refractivity contribution in [3.05, 3.63) is 35.9 Å². The van der Waals surface area contributed by atoms with Crippen molar-refractivity contribution in [2.24, 2.45) is 0 Å². The van der Waals surface area contributed by atoms with Gasteiger partial charge in [0.25, 0.3) is 5.91 Å². The Morgan fingerprint density at radius 2 is 1.82 bits per heavy atom. The molecule has 22 heavy (non-hydrogen) atoms. The second-order valence-electron chi connectivity index (χ2n) is 5.93. The van der Waals surface area contributed by atoms with Crippen molar-refractivity contribution in [2.75, 3.05) is 13.8 Å². The molecule has 6 nitrogen and oxygen atoms in total. The van der Waals surface area contributed by atoms with Gasteiger partial charge in [0.05, 0.1) is 0 Å². The highest BCUT2D eigenvalue weighted by molar-refractivity contribution is 5.83. The fourth-order valence-corrected chi connectivity index (χ4v) is 1.74. The van der Waals surface area contributed by atoms with E-state index in [1.807, 2.05) is 51.1 Å². The Morgan fingerprint density at radius 1 is 1.18 bits per heavy atom. The van der Waals surface area contributed by atoms with Gasteiger partial charge in [-0.1, -0.05) is 30.3 Å². The Balaban J connectivity index is 2.73. The van der Waals surface area contributed by atoms with Gasteiger partial charge in [0.15, 0.2) is 6.10 Å². The minimum absolute atomic E-state index is 0.0639. The zero-order valence-electron chi connectivity index (χ0n) is 13.5. The molecule has 2 N–H and O–H groups in total. The van der Waals surface area contributed by atoms with Gasteiger partial charge in [0.2, 0.25) is 0 Å². The first kappa shape index (κ1) is 18.0. The van der Waals surface area contributed by atoms with Crippen molar-refractivity contribution in [2.45, 2.75) is 38.8 Å². The van der Waals surface area contributed by atoms with Crippen LogP contribution in [-0.4, -0.2) is 37.5 Å². The molecule has 1 aromatic carbocycles. The molecule has 0 aromatic heterocycles. The summed E-state index contributed by atoms with van der Waals surface area (Å²) in [5.41, 5.74) is 0.473. The topological polar surface area (TPSA) is 76.7 Å². The minimum Gasteiger partial charge on any atom is -0.436 e. The van der Waals surface area contributed by atoms with Gasteiger partial charge in [0, 0.05) is 19.1 Å². The van der Waals surface area contributed by atoms with Crippen LogP contribution in [0.4, 0.5) is 4.79 Å². The van der Waals surface area contributed by atoms with Crippen LogP contribution >= 0.6 is 0 Å². The van der Waals surface area contributed by atoms with E-state index in [1.165, 1.54) is 7.11 Å². The second kappa shape index (κ2) is 8.38. The Kier molecular flexibility index (Phi) is 6.85. The highest BCUT2D eigenvalue weighted by Gasteiger charge is 2.25. The van der Waals surface area contributed by atoms with Crippen molar-refractivity contribution in [3.8, 4) is 0 Å². The molecule has 0 bridgehead atoms. The van der Waals surface area contributed by atoms with E-state index < -0.39 is 23.6 Å². The monoisotopic (exact) mass is 308 g/mol. The van der Waals surface area contributed by atoms with Crippen molar-refractivity contribution in [3.63, 3.8) is 0 Å². The number of ether oxygens (including phenoxy) is 2. The number of nitrogens with one attached hydrogen (secondary N) is 2. The van der Waals surface area contributed by atoms with Crippen LogP contribution in [-0.2, 0) is 20.7 Å².